The molecule has 2 saturated heterocycles. The van der Waals surface area contributed by atoms with Crippen LogP contribution in [0, 0.1) is 18.3 Å². The lowest BCUT2D eigenvalue weighted by Gasteiger charge is -2.49. The molecule has 2 N–H and O–H groups in total. The third-order valence-corrected chi connectivity index (χ3v) is 7.05. The Morgan fingerprint density at radius 2 is 1.94 bits per heavy atom. The maximum Gasteiger partial charge on any atom is 0.490 e. The number of ether oxygens (including phenoxy) is 1. The number of carbonyl (C=O) groups is 2. The highest BCUT2D eigenvalue weighted by Gasteiger charge is 2.44. The maximum atomic E-state index is 12.2. The highest BCUT2D eigenvalue weighted by molar-refractivity contribution is 7.10. The van der Waals surface area contributed by atoms with Crippen molar-refractivity contribution in [3.05, 3.63) is 21.9 Å². The van der Waals surface area contributed by atoms with Crippen molar-refractivity contribution in [3.63, 3.8) is 0 Å². The fraction of sp³-hybridized carbons (Fsp3) is 0.714. The van der Waals surface area contributed by atoms with Gasteiger partial charge in [-0.05, 0) is 61.7 Å². The van der Waals surface area contributed by atoms with Gasteiger partial charge in [-0.2, -0.15) is 13.2 Å². The van der Waals surface area contributed by atoms with Crippen molar-refractivity contribution in [1.29, 1.82) is 0 Å². The molecule has 3 rings (SSSR count). The van der Waals surface area contributed by atoms with E-state index in [1.165, 1.54) is 10.4 Å². The van der Waals surface area contributed by atoms with E-state index in [1.807, 2.05) is 25.2 Å². The number of carbonyl (C=O) groups excluding carboxylic acids is 1. The van der Waals surface area contributed by atoms with Crippen LogP contribution in [-0.2, 0) is 20.9 Å². The lowest BCUT2D eigenvalue weighted by Crippen LogP contribution is -2.58. The minimum atomic E-state index is -5.08. The zero-order valence-electron chi connectivity index (χ0n) is 18.1. The van der Waals surface area contributed by atoms with Gasteiger partial charge in [0.15, 0.2) is 0 Å². The van der Waals surface area contributed by atoms with Crippen molar-refractivity contribution in [2.24, 2.45) is 11.3 Å². The van der Waals surface area contributed by atoms with Crippen molar-refractivity contribution in [2.45, 2.75) is 58.8 Å². The molecule has 1 aromatic rings. The van der Waals surface area contributed by atoms with Crippen LogP contribution in [0.2, 0.25) is 0 Å². The number of carboxylic acid groups (broad SMARTS) is 1. The van der Waals surface area contributed by atoms with E-state index in [0.29, 0.717) is 6.61 Å². The lowest BCUT2D eigenvalue weighted by atomic mass is 9.69. The lowest BCUT2D eigenvalue weighted by molar-refractivity contribution is -0.192. The average molecular weight is 465 g/mol. The minimum Gasteiger partial charge on any atom is -0.475 e. The third-order valence-electron chi connectivity index (χ3n) is 6.04. The van der Waals surface area contributed by atoms with Crippen molar-refractivity contribution in [3.8, 4) is 0 Å². The summed E-state index contributed by atoms with van der Waals surface area (Å²) in [6.45, 7) is 10.9. The molecule has 2 fully saturated rings. The molecule has 0 aliphatic carbocycles. The predicted octanol–water partition coefficient (Wildman–Crippen LogP) is 3.83. The molecule has 1 aromatic heterocycles. The zero-order valence-corrected chi connectivity index (χ0v) is 18.9. The van der Waals surface area contributed by atoms with Gasteiger partial charge in [-0.25, -0.2) is 4.79 Å². The maximum absolute atomic E-state index is 12.2. The van der Waals surface area contributed by atoms with Crippen LogP contribution in [0.15, 0.2) is 11.4 Å². The van der Waals surface area contributed by atoms with Gasteiger partial charge in [0.2, 0.25) is 5.91 Å². The van der Waals surface area contributed by atoms with Gasteiger partial charge in [-0.1, -0.05) is 13.8 Å². The van der Waals surface area contributed by atoms with E-state index >= 15 is 0 Å². The monoisotopic (exact) mass is 464 g/mol. The summed E-state index contributed by atoms with van der Waals surface area (Å²) in [7, 11) is 0. The summed E-state index contributed by atoms with van der Waals surface area (Å²) in [5.74, 6) is -2.57. The molecular formula is C21H31F3N2O4S. The molecule has 2 aliphatic rings. The fourth-order valence-electron chi connectivity index (χ4n) is 3.88. The second kappa shape index (κ2) is 10.8. The molecule has 1 amide bonds. The SMILES string of the molecule is Cc1ccsc1CN1CCC2(CCOCC2NC(=O)C(C)C)CC1.O=C(O)C(F)(F)F. The number of rotatable bonds is 4. The second-order valence-electron chi connectivity index (χ2n) is 8.51. The first-order valence-corrected chi connectivity index (χ1v) is 11.3. The van der Waals surface area contributed by atoms with E-state index in [4.69, 9.17) is 14.6 Å². The molecule has 0 radical (unpaired) electrons. The summed E-state index contributed by atoms with van der Waals surface area (Å²) in [6.07, 6.45) is -1.70. The Labute approximate surface area is 184 Å². The smallest absolute Gasteiger partial charge is 0.475 e. The van der Waals surface area contributed by atoms with Gasteiger partial charge in [0, 0.05) is 23.9 Å². The van der Waals surface area contributed by atoms with Crippen LogP contribution in [0.5, 0.6) is 0 Å². The number of piperidine rings is 1. The van der Waals surface area contributed by atoms with Crippen molar-refractivity contribution < 1.29 is 32.6 Å². The normalized spacial score (nSPS) is 21.5. The largest absolute Gasteiger partial charge is 0.490 e. The van der Waals surface area contributed by atoms with Crippen LogP contribution in [0.3, 0.4) is 0 Å². The van der Waals surface area contributed by atoms with E-state index in [-0.39, 0.29) is 23.3 Å². The molecule has 1 spiro atoms. The molecule has 10 heteroatoms. The average Bonchev–Trinajstić information content (AvgIpc) is 3.09. The van der Waals surface area contributed by atoms with Crippen molar-refractivity contribution in [1.82, 2.24) is 10.2 Å². The summed E-state index contributed by atoms with van der Waals surface area (Å²) in [5.41, 5.74) is 1.64. The summed E-state index contributed by atoms with van der Waals surface area (Å²) in [4.78, 5) is 25.1. The number of nitrogens with zero attached hydrogens (tertiary/aromatic N) is 1. The molecule has 1 atom stereocenters. The number of thiophene rings is 1. The Balaban J connectivity index is 0.000000423. The van der Waals surface area contributed by atoms with Gasteiger partial charge in [0.05, 0.1) is 12.6 Å². The summed E-state index contributed by atoms with van der Waals surface area (Å²) >= 11 is 1.86. The Kier molecular flexibility index (Phi) is 8.91. The number of aryl methyl sites for hydroxylation is 1. The number of nitrogens with one attached hydrogen (secondary N) is 1. The van der Waals surface area contributed by atoms with E-state index in [0.717, 1.165) is 45.5 Å². The molecule has 0 bridgehead atoms. The minimum absolute atomic E-state index is 0.0332. The van der Waals surface area contributed by atoms with Crippen LogP contribution >= 0.6 is 11.3 Å². The first-order valence-electron chi connectivity index (χ1n) is 10.4. The van der Waals surface area contributed by atoms with E-state index in [9.17, 15) is 18.0 Å². The number of hydrogen-bond donors (Lipinski definition) is 2. The van der Waals surface area contributed by atoms with Crippen molar-refractivity contribution >= 4 is 23.2 Å². The summed E-state index contributed by atoms with van der Waals surface area (Å²) in [6, 6.07) is 2.38. The molecule has 6 nitrogen and oxygen atoms in total. The van der Waals surface area contributed by atoms with Crippen molar-refractivity contribution in [2.75, 3.05) is 26.3 Å². The predicted molar refractivity (Wildman–Crippen MR) is 112 cm³/mol. The Morgan fingerprint density at radius 1 is 1.32 bits per heavy atom. The Bertz CT molecular complexity index is 743. The molecule has 31 heavy (non-hydrogen) atoms. The number of carboxylic acids is 1. The topological polar surface area (TPSA) is 78.9 Å². The third kappa shape index (κ3) is 7.18. The first-order chi connectivity index (χ1) is 14.4. The van der Waals surface area contributed by atoms with Gasteiger partial charge >= 0.3 is 12.1 Å². The highest BCUT2D eigenvalue weighted by atomic mass is 32.1. The molecule has 0 aromatic carbocycles. The van der Waals surface area contributed by atoms with E-state index in [2.05, 4.69) is 28.6 Å². The van der Waals surface area contributed by atoms with Gasteiger partial charge in [-0.3, -0.25) is 9.69 Å². The zero-order chi connectivity index (χ0) is 23.2. The Hall–Kier alpha value is -1.65. The standard InChI is InChI=1S/C19H30N2O2S.C2HF3O2/c1-14(2)18(22)20-17-13-23-10-7-19(17)5-8-21(9-6-19)12-16-15(3)4-11-24-16;3-2(4,5)1(6)7/h4,11,14,17H,5-10,12-13H2,1-3H3,(H,20,22);(H,6,7). The Morgan fingerprint density at radius 3 is 2.42 bits per heavy atom. The van der Waals surface area contributed by atoms with Gasteiger partial charge in [0.25, 0.3) is 0 Å². The van der Waals surface area contributed by atoms with E-state index in [1.54, 1.807) is 0 Å². The summed E-state index contributed by atoms with van der Waals surface area (Å²) < 4.78 is 37.4. The fourth-order valence-corrected chi connectivity index (χ4v) is 4.83. The number of amides is 1. The second-order valence-corrected chi connectivity index (χ2v) is 9.51. The van der Waals surface area contributed by atoms with Crippen LogP contribution in [-0.4, -0.2) is 60.4 Å². The number of hydrogen-bond acceptors (Lipinski definition) is 5. The molecule has 0 saturated carbocycles. The molecular weight excluding hydrogens is 433 g/mol. The number of aliphatic carboxylic acids is 1. The van der Waals surface area contributed by atoms with Crippen LogP contribution in [0.4, 0.5) is 13.2 Å². The number of halogens is 3. The van der Waals surface area contributed by atoms with Gasteiger partial charge in [0.1, 0.15) is 0 Å². The van der Waals surface area contributed by atoms with Crippen LogP contribution in [0.25, 0.3) is 0 Å². The van der Waals surface area contributed by atoms with Crippen LogP contribution in [0.1, 0.15) is 43.6 Å². The molecule has 176 valence electrons. The number of alkyl halides is 3. The highest BCUT2D eigenvalue weighted by Crippen LogP contribution is 2.41. The van der Waals surface area contributed by atoms with Crippen LogP contribution < -0.4 is 5.32 Å². The van der Waals surface area contributed by atoms with Gasteiger partial charge < -0.3 is 15.2 Å². The molecule has 3 heterocycles. The quantitative estimate of drug-likeness (QED) is 0.708. The van der Waals surface area contributed by atoms with Gasteiger partial charge in [-0.15, -0.1) is 11.3 Å². The first kappa shape index (κ1) is 25.6. The summed E-state index contributed by atoms with van der Waals surface area (Å²) in [5, 5.41) is 12.6. The molecule has 2 aliphatic heterocycles. The molecule has 1 unspecified atom stereocenters. The number of likely N-dealkylation sites (tertiary alicyclic amines) is 1. The van der Waals surface area contributed by atoms with E-state index < -0.39 is 12.1 Å².